The van der Waals surface area contributed by atoms with Crippen molar-refractivity contribution in [2.75, 3.05) is 5.32 Å². The molecular weight excluding hydrogens is 279 g/mol. The molecule has 0 aromatic heterocycles. The van der Waals surface area contributed by atoms with Gasteiger partial charge in [-0.2, -0.15) is 0 Å². The second kappa shape index (κ2) is 6.08. The first-order chi connectivity index (χ1) is 9.83. The van der Waals surface area contributed by atoms with E-state index in [4.69, 9.17) is 0 Å². The maximum atomic E-state index is 12.1. The van der Waals surface area contributed by atoms with E-state index in [0.717, 1.165) is 16.8 Å². The first-order valence-corrected chi connectivity index (χ1v) is 6.52. The number of nitrogens with one attached hydrogen (secondary N) is 1. The van der Waals surface area contributed by atoms with Crippen molar-refractivity contribution < 1.29 is 17.9 Å². The van der Waals surface area contributed by atoms with Gasteiger partial charge < -0.3 is 10.1 Å². The molecule has 112 valence electrons. The van der Waals surface area contributed by atoms with Crippen LogP contribution in [0, 0.1) is 6.92 Å². The summed E-state index contributed by atoms with van der Waals surface area (Å²) in [7, 11) is 0. The lowest BCUT2D eigenvalue weighted by Gasteiger charge is -2.17. The standard InChI is InChI=1S/C16H16F3NO/c1-11-4-3-5-13(10-11)12(2)20-14-6-8-15(9-7-14)21-16(17,18)19/h3-10,12,20H,1-2H3. The number of ether oxygens (including phenoxy) is 1. The molecule has 0 aliphatic heterocycles. The van der Waals surface area contributed by atoms with Gasteiger partial charge in [0.2, 0.25) is 0 Å². The van der Waals surface area contributed by atoms with Gasteiger partial charge in [-0.3, -0.25) is 0 Å². The van der Waals surface area contributed by atoms with Gasteiger partial charge in [-0.05, 0) is 43.7 Å². The summed E-state index contributed by atoms with van der Waals surface area (Å²) in [5, 5.41) is 3.24. The Kier molecular flexibility index (Phi) is 4.40. The van der Waals surface area contributed by atoms with Crippen LogP contribution in [0.5, 0.6) is 5.75 Å². The number of benzene rings is 2. The Balaban J connectivity index is 2.03. The molecule has 0 fully saturated rings. The third-order valence-electron chi connectivity index (χ3n) is 3.01. The highest BCUT2D eigenvalue weighted by atomic mass is 19.4. The molecule has 21 heavy (non-hydrogen) atoms. The Labute approximate surface area is 121 Å². The molecule has 0 saturated heterocycles. The van der Waals surface area contributed by atoms with Crippen LogP contribution in [0.4, 0.5) is 18.9 Å². The molecule has 2 aromatic carbocycles. The van der Waals surface area contributed by atoms with Crippen molar-refractivity contribution in [3.8, 4) is 5.75 Å². The Morgan fingerprint density at radius 1 is 1.05 bits per heavy atom. The van der Waals surface area contributed by atoms with Gasteiger partial charge in [0.15, 0.2) is 0 Å². The fourth-order valence-electron chi connectivity index (χ4n) is 2.03. The van der Waals surface area contributed by atoms with Crippen LogP contribution >= 0.6 is 0 Å². The summed E-state index contributed by atoms with van der Waals surface area (Å²) in [6.07, 6.45) is -4.66. The number of hydrogen-bond acceptors (Lipinski definition) is 2. The number of halogens is 3. The maximum absolute atomic E-state index is 12.1. The fourth-order valence-corrected chi connectivity index (χ4v) is 2.03. The highest BCUT2D eigenvalue weighted by Crippen LogP contribution is 2.25. The van der Waals surface area contributed by atoms with Gasteiger partial charge in [0, 0.05) is 11.7 Å². The fraction of sp³-hybridized carbons (Fsp3) is 0.250. The zero-order chi connectivity index (χ0) is 15.5. The third-order valence-corrected chi connectivity index (χ3v) is 3.01. The van der Waals surface area contributed by atoms with Crippen molar-refractivity contribution in [2.45, 2.75) is 26.3 Å². The average molecular weight is 295 g/mol. The van der Waals surface area contributed by atoms with Crippen LogP contribution < -0.4 is 10.1 Å². The summed E-state index contributed by atoms with van der Waals surface area (Å²) in [5.41, 5.74) is 3.01. The molecule has 0 heterocycles. The zero-order valence-corrected chi connectivity index (χ0v) is 11.7. The van der Waals surface area contributed by atoms with Gasteiger partial charge in [0.1, 0.15) is 5.75 Å². The highest BCUT2D eigenvalue weighted by molar-refractivity contribution is 5.48. The van der Waals surface area contributed by atoms with Crippen molar-refractivity contribution >= 4 is 5.69 Å². The molecule has 2 nitrogen and oxygen atoms in total. The van der Waals surface area contributed by atoms with Crippen LogP contribution in [0.2, 0.25) is 0 Å². The second-order valence-electron chi connectivity index (χ2n) is 4.85. The molecule has 0 saturated carbocycles. The highest BCUT2D eigenvalue weighted by Gasteiger charge is 2.30. The quantitative estimate of drug-likeness (QED) is 0.850. The number of anilines is 1. The van der Waals surface area contributed by atoms with E-state index in [-0.39, 0.29) is 11.8 Å². The SMILES string of the molecule is Cc1cccc(C(C)Nc2ccc(OC(F)(F)F)cc2)c1. The molecule has 0 aliphatic carbocycles. The van der Waals surface area contributed by atoms with Crippen molar-refractivity contribution in [2.24, 2.45) is 0 Å². The van der Waals surface area contributed by atoms with E-state index in [9.17, 15) is 13.2 Å². The van der Waals surface area contributed by atoms with E-state index in [1.165, 1.54) is 12.1 Å². The molecule has 1 atom stereocenters. The summed E-state index contributed by atoms with van der Waals surface area (Å²) >= 11 is 0. The maximum Gasteiger partial charge on any atom is 0.573 e. The van der Waals surface area contributed by atoms with Crippen LogP contribution in [0.15, 0.2) is 48.5 Å². The first-order valence-electron chi connectivity index (χ1n) is 6.52. The molecule has 5 heteroatoms. The van der Waals surface area contributed by atoms with Gasteiger partial charge in [0.05, 0.1) is 0 Å². The predicted molar refractivity (Wildman–Crippen MR) is 76.3 cm³/mol. The summed E-state index contributed by atoms with van der Waals surface area (Å²) in [5.74, 6) is -0.226. The van der Waals surface area contributed by atoms with E-state index < -0.39 is 6.36 Å². The van der Waals surface area contributed by atoms with Crippen LogP contribution in [0.3, 0.4) is 0 Å². The van der Waals surface area contributed by atoms with E-state index in [2.05, 4.69) is 16.1 Å². The Hall–Kier alpha value is -2.17. The molecule has 0 spiro atoms. The molecule has 1 N–H and O–H groups in total. The summed E-state index contributed by atoms with van der Waals surface area (Å²) < 4.78 is 40.1. The lowest BCUT2D eigenvalue weighted by atomic mass is 10.1. The van der Waals surface area contributed by atoms with Crippen molar-refractivity contribution in [1.82, 2.24) is 0 Å². The van der Waals surface area contributed by atoms with Crippen LogP contribution in [0.25, 0.3) is 0 Å². The van der Waals surface area contributed by atoms with E-state index in [0.29, 0.717) is 0 Å². The van der Waals surface area contributed by atoms with Crippen LogP contribution in [-0.2, 0) is 0 Å². The number of rotatable bonds is 4. The van der Waals surface area contributed by atoms with Gasteiger partial charge >= 0.3 is 6.36 Å². The van der Waals surface area contributed by atoms with Crippen molar-refractivity contribution in [3.63, 3.8) is 0 Å². The van der Waals surface area contributed by atoms with E-state index in [1.807, 2.05) is 32.0 Å². The Morgan fingerprint density at radius 3 is 2.29 bits per heavy atom. The minimum Gasteiger partial charge on any atom is -0.406 e. The number of hydrogen-bond donors (Lipinski definition) is 1. The summed E-state index contributed by atoms with van der Waals surface area (Å²) in [6, 6.07) is 13.8. The van der Waals surface area contributed by atoms with Gasteiger partial charge in [-0.15, -0.1) is 13.2 Å². The predicted octanol–water partition coefficient (Wildman–Crippen LogP) is 5.07. The zero-order valence-electron chi connectivity index (χ0n) is 11.7. The summed E-state index contributed by atoms with van der Waals surface area (Å²) in [6.45, 7) is 4.01. The molecule has 0 radical (unpaired) electrons. The van der Waals surface area contributed by atoms with Crippen molar-refractivity contribution in [3.05, 3.63) is 59.7 Å². The molecule has 0 bridgehead atoms. The lowest BCUT2D eigenvalue weighted by molar-refractivity contribution is -0.274. The van der Waals surface area contributed by atoms with Gasteiger partial charge in [-0.1, -0.05) is 29.8 Å². The van der Waals surface area contributed by atoms with E-state index in [1.54, 1.807) is 12.1 Å². The molecule has 2 aromatic rings. The van der Waals surface area contributed by atoms with E-state index >= 15 is 0 Å². The van der Waals surface area contributed by atoms with Crippen molar-refractivity contribution in [1.29, 1.82) is 0 Å². The lowest BCUT2D eigenvalue weighted by Crippen LogP contribution is -2.17. The largest absolute Gasteiger partial charge is 0.573 e. The third kappa shape index (κ3) is 4.70. The molecular formula is C16H16F3NO. The Morgan fingerprint density at radius 2 is 1.71 bits per heavy atom. The minimum atomic E-state index is -4.66. The minimum absolute atomic E-state index is 0.0549. The first kappa shape index (κ1) is 15.2. The monoisotopic (exact) mass is 295 g/mol. The Bertz CT molecular complexity index is 593. The normalized spacial score (nSPS) is 12.8. The van der Waals surface area contributed by atoms with Crippen LogP contribution in [-0.4, -0.2) is 6.36 Å². The molecule has 0 aliphatic rings. The number of alkyl halides is 3. The smallest absolute Gasteiger partial charge is 0.406 e. The molecule has 0 amide bonds. The van der Waals surface area contributed by atoms with Gasteiger partial charge in [-0.25, -0.2) is 0 Å². The van der Waals surface area contributed by atoms with Crippen LogP contribution in [0.1, 0.15) is 24.1 Å². The average Bonchev–Trinajstić information content (AvgIpc) is 2.39. The molecule has 1 unspecified atom stereocenters. The topological polar surface area (TPSA) is 21.3 Å². The number of aryl methyl sites for hydroxylation is 1. The van der Waals surface area contributed by atoms with Gasteiger partial charge in [0.25, 0.3) is 0 Å². The summed E-state index contributed by atoms with van der Waals surface area (Å²) in [4.78, 5) is 0. The second-order valence-corrected chi connectivity index (χ2v) is 4.85. The molecule has 2 rings (SSSR count).